The number of hydrogen-bond donors (Lipinski definition) is 2. The lowest BCUT2D eigenvalue weighted by Gasteiger charge is -2.23. The third-order valence-corrected chi connectivity index (χ3v) is 7.08. The zero-order valence-electron chi connectivity index (χ0n) is 18.6. The number of ether oxygens (including phenoxy) is 1. The smallest absolute Gasteiger partial charge is 0.189 e. The van der Waals surface area contributed by atoms with Crippen LogP contribution in [0.4, 0.5) is 26.7 Å². The highest BCUT2D eigenvalue weighted by Gasteiger charge is 2.24. The molecule has 2 aromatic carbocycles. The molecule has 1 aliphatic heterocycles. The maximum Gasteiger partial charge on any atom is 0.189 e. The Kier molecular flexibility index (Phi) is 6.87. The summed E-state index contributed by atoms with van der Waals surface area (Å²) in [5.74, 6) is 0.121. The lowest BCUT2D eigenvalue weighted by molar-refractivity contribution is 0.112. The molecule has 1 saturated heterocycles. The SMILES string of the molecule is COC[C@@H]1CCCN1Cc1ccc(Nc2nc3ncnc(Nc4ccc(F)c(Cl)c4)c3s2)cc1. The first-order valence-electron chi connectivity index (χ1n) is 11.0. The van der Waals surface area contributed by atoms with E-state index >= 15 is 0 Å². The van der Waals surface area contributed by atoms with Gasteiger partial charge in [0.1, 0.15) is 16.8 Å². The minimum atomic E-state index is -0.467. The summed E-state index contributed by atoms with van der Waals surface area (Å²) in [5, 5.41) is 7.29. The van der Waals surface area contributed by atoms with Gasteiger partial charge in [-0.3, -0.25) is 4.90 Å². The molecule has 34 heavy (non-hydrogen) atoms. The number of fused-ring (bicyclic) bond motifs is 1. The van der Waals surface area contributed by atoms with Crippen LogP contribution in [-0.2, 0) is 11.3 Å². The molecule has 2 N–H and O–H groups in total. The third kappa shape index (κ3) is 5.12. The zero-order valence-corrected chi connectivity index (χ0v) is 20.2. The number of rotatable bonds is 8. The minimum absolute atomic E-state index is 0.0457. The van der Waals surface area contributed by atoms with Crippen LogP contribution >= 0.6 is 22.9 Å². The Balaban J connectivity index is 1.28. The predicted molar refractivity (Wildman–Crippen MR) is 135 cm³/mol. The maximum atomic E-state index is 13.5. The van der Waals surface area contributed by atoms with Gasteiger partial charge in [-0.2, -0.15) is 4.98 Å². The zero-order chi connectivity index (χ0) is 23.5. The summed E-state index contributed by atoms with van der Waals surface area (Å²) in [4.78, 5) is 15.7. The Hall–Kier alpha value is -2.85. The molecule has 5 rings (SSSR count). The normalized spacial score (nSPS) is 16.3. The summed E-state index contributed by atoms with van der Waals surface area (Å²) >= 11 is 7.34. The van der Waals surface area contributed by atoms with E-state index in [1.54, 1.807) is 13.2 Å². The number of anilines is 4. The lowest BCUT2D eigenvalue weighted by atomic mass is 10.1. The fraction of sp³-hybridized carbons (Fsp3) is 0.292. The molecule has 10 heteroatoms. The summed E-state index contributed by atoms with van der Waals surface area (Å²) in [6.45, 7) is 2.82. The number of benzene rings is 2. The molecule has 0 saturated carbocycles. The number of likely N-dealkylation sites (tertiary alicyclic amines) is 1. The topological polar surface area (TPSA) is 75.2 Å². The van der Waals surface area contributed by atoms with Crippen molar-refractivity contribution in [1.82, 2.24) is 19.9 Å². The maximum absolute atomic E-state index is 13.5. The third-order valence-electron chi connectivity index (χ3n) is 5.82. The van der Waals surface area contributed by atoms with Crippen molar-refractivity contribution in [3.63, 3.8) is 0 Å². The van der Waals surface area contributed by atoms with Crippen LogP contribution in [0.15, 0.2) is 48.8 Å². The van der Waals surface area contributed by atoms with E-state index in [0.717, 1.165) is 30.1 Å². The Morgan fingerprint density at radius 1 is 1.15 bits per heavy atom. The van der Waals surface area contributed by atoms with Crippen LogP contribution in [0.5, 0.6) is 0 Å². The number of nitrogens with zero attached hydrogens (tertiary/aromatic N) is 4. The molecule has 0 radical (unpaired) electrons. The van der Waals surface area contributed by atoms with Gasteiger partial charge in [-0.15, -0.1) is 0 Å². The van der Waals surface area contributed by atoms with Crippen LogP contribution in [0, 0.1) is 5.82 Å². The number of hydrogen-bond acceptors (Lipinski definition) is 8. The second kappa shape index (κ2) is 10.2. The van der Waals surface area contributed by atoms with E-state index in [9.17, 15) is 4.39 Å². The van der Waals surface area contributed by atoms with Gasteiger partial charge in [0.05, 0.1) is 11.6 Å². The first-order valence-corrected chi connectivity index (χ1v) is 12.2. The van der Waals surface area contributed by atoms with Gasteiger partial charge >= 0.3 is 0 Å². The quantitative estimate of drug-likeness (QED) is 0.309. The van der Waals surface area contributed by atoms with E-state index in [0.29, 0.717) is 28.3 Å². The van der Waals surface area contributed by atoms with Crippen molar-refractivity contribution >= 4 is 55.6 Å². The molecule has 0 unspecified atom stereocenters. The van der Waals surface area contributed by atoms with Gasteiger partial charge < -0.3 is 15.4 Å². The fourth-order valence-electron chi connectivity index (χ4n) is 4.14. The molecule has 2 aromatic heterocycles. The van der Waals surface area contributed by atoms with Crippen molar-refractivity contribution in [3.8, 4) is 0 Å². The van der Waals surface area contributed by atoms with Crippen LogP contribution < -0.4 is 10.6 Å². The van der Waals surface area contributed by atoms with Crippen molar-refractivity contribution in [1.29, 1.82) is 0 Å². The summed E-state index contributed by atoms with van der Waals surface area (Å²) in [6, 6.07) is 13.4. The van der Waals surface area contributed by atoms with Crippen molar-refractivity contribution < 1.29 is 9.13 Å². The van der Waals surface area contributed by atoms with E-state index in [1.165, 1.54) is 48.2 Å². The number of methoxy groups -OCH3 is 1. The summed E-state index contributed by atoms with van der Waals surface area (Å²) < 4.78 is 19.6. The van der Waals surface area contributed by atoms with Gasteiger partial charge in [0, 0.05) is 31.1 Å². The van der Waals surface area contributed by atoms with Gasteiger partial charge in [0.2, 0.25) is 0 Å². The first-order chi connectivity index (χ1) is 16.6. The molecular weight excluding hydrogens is 475 g/mol. The largest absolute Gasteiger partial charge is 0.383 e. The van der Waals surface area contributed by atoms with E-state index in [-0.39, 0.29) is 5.02 Å². The highest BCUT2D eigenvalue weighted by Crippen LogP contribution is 2.33. The number of halogens is 2. The minimum Gasteiger partial charge on any atom is -0.383 e. The van der Waals surface area contributed by atoms with Crippen molar-refractivity contribution in [2.24, 2.45) is 0 Å². The summed E-state index contributed by atoms with van der Waals surface area (Å²) in [5.41, 5.74) is 3.43. The number of nitrogens with one attached hydrogen (secondary N) is 2. The van der Waals surface area contributed by atoms with Gasteiger partial charge in [-0.25, -0.2) is 14.4 Å². The molecule has 4 aromatic rings. The van der Waals surface area contributed by atoms with Crippen molar-refractivity contribution in [3.05, 3.63) is 65.2 Å². The Morgan fingerprint density at radius 2 is 1.97 bits per heavy atom. The molecular formula is C24H24ClFN6OS. The van der Waals surface area contributed by atoms with Crippen LogP contribution in [-0.4, -0.2) is 46.2 Å². The molecule has 0 aliphatic carbocycles. The number of aromatic nitrogens is 3. The average Bonchev–Trinajstić information content (AvgIpc) is 3.45. The van der Waals surface area contributed by atoms with E-state index in [2.05, 4.69) is 54.8 Å². The molecule has 1 aliphatic rings. The highest BCUT2D eigenvalue weighted by molar-refractivity contribution is 7.22. The van der Waals surface area contributed by atoms with E-state index in [1.807, 2.05) is 0 Å². The van der Waals surface area contributed by atoms with Gasteiger partial charge in [0.25, 0.3) is 0 Å². The molecule has 1 fully saturated rings. The molecule has 176 valence electrons. The predicted octanol–water partition coefficient (Wildman–Crippen LogP) is 5.98. The van der Waals surface area contributed by atoms with Gasteiger partial charge in [-0.05, 0) is 55.3 Å². The lowest BCUT2D eigenvalue weighted by Crippen LogP contribution is -2.32. The Bertz CT molecular complexity index is 1280. The van der Waals surface area contributed by atoms with Gasteiger partial charge in [0.15, 0.2) is 16.6 Å². The van der Waals surface area contributed by atoms with Crippen molar-refractivity contribution in [2.75, 3.05) is 30.9 Å². The first kappa shape index (κ1) is 22.9. The monoisotopic (exact) mass is 498 g/mol. The Morgan fingerprint density at radius 3 is 2.76 bits per heavy atom. The van der Waals surface area contributed by atoms with Crippen molar-refractivity contribution in [2.45, 2.75) is 25.4 Å². The van der Waals surface area contributed by atoms with Crippen LogP contribution in [0.1, 0.15) is 18.4 Å². The van der Waals surface area contributed by atoms with Crippen LogP contribution in [0.2, 0.25) is 5.02 Å². The summed E-state index contributed by atoms with van der Waals surface area (Å²) in [7, 11) is 1.77. The summed E-state index contributed by atoms with van der Waals surface area (Å²) in [6.07, 6.45) is 3.86. The average molecular weight is 499 g/mol. The standard InChI is InChI=1S/C24H24ClFN6OS/c1-33-13-18-3-2-10-32(18)12-15-4-6-16(7-5-15)30-24-31-23-21(34-24)22(27-14-28-23)29-17-8-9-20(26)19(25)11-17/h4-9,11,14,18H,2-3,10,12-13H2,1H3,(H2,27,28,29,30,31)/t18-/m0/s1. The fourth-order valence-corrected chi connectivity index (χ4v) is 5.21. The molecule has 1 atom stereocenters. The Labute approximate surface area is 206 Å². The molecule has 3 heterocycles. The second-order valence-electron chi connectivity index (χ2n) is 8.19. The van der Waals surface area contributed by atoms with Crippen LogP contribution in [0.3, 0.4) is 0 Å². The van der Waals surface area contributed by atoms with E-state index in [4.69, 9.17) is 16.3 Å². The number of thiazole rings is 1. The van der Waals surface area contributed by atoms with E-state index < -0.39 is 5.82 Å². The molecule has 0 amide bonds. The molecule has 0 spiro atoms. The molecule has 7 nitrogen and oxygen atoms in total. The van der Waals surface area contributed by atoms with Gasteiger partial charge in [-0.1, -0.05) is 35.1 Å². The van der Waals surface area contributed by atoms with Crippen LogP contribution in [0.25, 0.3) is 10.3 Å². The second-order valence-corrected chi connectivity index (χ2v) is 9.60. The highest BCUT2D eigenvalue weighted by atomic mass is 35.5. The molecule has 0 bridgehead atoms.